The molecule has 0 heterocycles. The molecule has 0 fully saturated rings. The van der Waals surface area contributed by atoms with Crippen molar-refractivity contribution in [3.63, 3.8) is 0 Å². The van der Waals surface area contributed by atoms with Crippen LogP contribution in [0.1, 0.15) is 90.9 Å². The van der Waals surface area contributed by atoms with Gasteiger partial charge in [-0.25, -0.2) is 0 Å². The van der Waals surface area contributed by atoms with Gasteiger partial charge in [-0.2, -0.15) is 0 Å². The van der Waals surface area contributed by atoms with Gasteiger partial charge in [0.2, 0.25) is 0 Å². The number of hydrogen-bond acceptors (Lipinski definition) is 2. The highest BCUT2D eigenvalue weighted by atomic mass is 33.5. The number of unbranched alkanes of at least 4 members (excludes halogenated alkanes) is 10. The minimum atomic E-state index is -0.878. The van der Waals surface area contributed by atoms with E-state index in [1.54, 1.807) is 0 Å². The van der Waals surface area contributed by atoms with Gasteiger partial charge in [0, 0.05) is 0 Å². The standard InChI is InChI=1S/C16H36S3/c1-3-5-7-9-11-13-15-19(17,18)16-14-12-10-8-6-4-2/h17-18H,3-16H2,1-2H3. The van der Waals surface area contributed by atoms with Crippen molar-refractivity contribution in [3.05, 3.63) is 0 Å². The SMILES string of the molecule is CCCCCCCCS(S)(S)CCCCCCCC. The van der Waals surface area contributed by atoms with E-state index in [1.165, 1.54) is 88.6 Å². The summed E-state index contributed by atoms with van der Waals surface area (Å²) < 4.78 is 0. The summed E-state index contributed by atoms with van der Waals surface area (Å²) in [4.78, 5) is 0. The van der Waals surface area contributed by atoms with E-state index in [0.717, 1.165) is 0 Å². The molecule has 0 aliphatic rings. The van der Waals surface area contributed by atoms with Crippen molar-refractivity contribution in [2.75, 3.05) is 11.5 Å². The molecule has 0 aromatic rings. The third-order valence-corrected chi connectivity index (χ3v) is 7.73. The summed E-state index contributed by atoms with van der Waals surface area (Å²) >= 11 is 9.64. The quantitative estimate of drug-likeness (QED) is 0.188. The molecule has 0 amide bonds. The topological polar surface area (TPSA) is 0 Å². The molecule has 0 bridgehead atoms. The Balaban J connectivity index is 3.36. The lowest BCUT2D eigenvalue weighted by Crippen LogP contribution is -1.98. The third-order valence-electron chi connectivity index (χ3n) is 3.65. The van der Waals surface area contributed by atoms with Crippen LogP contribution in [-0.2, 0) is 0 Å². The van der Waals surface area contributed by atoms with Crippen LogP contribution in [0.3, 0.4) is 0 Å². The van der Waals surface area contributed by atoms with Gasteiger partial charge in [-0.05, 0) is 24.3 Å². The maximum Gasteiger partial charge on any atom is -0.00578 e. The van der Waals surface area contributed by atoms with Crippen molar-refractivity contribution in [2.45, 2.75) is 90.9 Å². The van der Waals surface area contributed by atoms with Gasteiger partial charge in [-0.1, -0.05) is 78.1 Å². The smallest absolute Gasteiger partial charge is 0.00578 e. The second kappa shape index (κ2) is 14.0. The Morgan fingerprint density at radius 2 is 0.842 bits per heavy atom. The lowest BCUT2D eigenvalue weighted by molar-refractivity contribution is 0.623. The molecule has 0 aliphatic carbocycles. The zero-order valence-corrected chi connectivity index (χ0v) is 15.8. The third kappa shape index (κ3) is 15.3. The Morgan fingerprint density at radius 1 is 0.526 bits per heavy atom. The van der Waals surface area contributed by atoms with Gasteiger partial charge in [0.15, 0.2) is 0 Å². The van der Waals surface area contributed by atoms with Crippen molar-refractivity contribution >= 4 is 31.4 Å². The molecule has 0 atom stereocenters. The summed E-state index contributed by atoms with van der Waals surface area (Å²) in [6.45, 7) is 4.55. The molecule has 0 N–H and O–H groups in total. The Morgan fingerprint density at radius 3 is 1.21 bits per heavy atom. The van der Waals surface area contributed by atoms with Crippen LogP contribution in [0, 0.1) is 0 Å². The van der Waals surface area contributed by atoms with E-state index in [4.69, 9.17) is 23.3 Å². The molecule has 0 aromatic carbocycles. The van der Waals surface area contributed by atoms with E-state index in [0.29, 0.717) is 0 Å². The second-order valence-corrected chi connectivity index (χ2v) is 13.2. The Labute approximate surface area is 133 Å². The largest absolute Gasteiger partial charge is 0.150 e. The van der Waals surface area contributed by atoms with Gasteiger partial charge in [-0.3, -0.25) is 0 Å². The van der Waals surface area contributed by atoms with Crippen LogP contribution in [0.2, 0.25) is 0 Å². The van der Waals surface area contributed by atoms with Gasteiger partial charge >= 0.3 is 0 Å². The zero-order chi connectivity index (χ0) is 14.4. The van der Waals surface area contributed by atoms with Crippen molar-refractivity contribution in [2.24, 2.45) is 0 Å². The molecule has 0 aromatic heterocycles. The predicted molar refractivity (Wildman–Crippen MR) is 102 cm³/mol. The van der Waals surface area contributed by atoms with Crippen molar-refractivity contribution < 1.29 is 0 Å². The van der Waals surface area contributed by atoms with Crippen LogP contribution in [0.15, 0.2) is 0 Å². The van der Waals surface area contributed by atoms with Crippen LogP contribution in [0.25, 0.3) is 0 Å². The van der Waals surface area contributed by atoms with Gasteiger partial charge in [0.05, 0.1) is 0 Å². The molecule has 0 saturated heterocycles. The fourth-order valence-electron chi connectivity index (χ4n) is 2.33. The summed E-state index contributed by atoms with van der Waals surface area (Å²) in [6, 6.07) is 0. The Hall–Kier alpha value is 1.05. The van der Waals surface area contributed by atoms with Crippen molar-refractivity contribution in [3.8, 4) is 0 Å². The molecule has 0 radical (unpaired) electrons. The summed E-state index contributed by atoms with van der Waals surface area (Å²) in [5, 5.41) is 0. The van der Waals surface area contributed by atoms with E-state index < -0.39 is 8.09 Å². The molecule has 0 spiro atoms. The normalized spacial score (nSPS) is 12.8. The average molecular weight is 325 g/mol. The maximum absolute atomic E-state index is 4.82. The maximum atomic E-state index is 4.82. The molecule has 0 unspecified atom stereocenters. The van der Waals surface area contributed by atoms with Gasteiger partial charge in [0.25, 0.3) is 0 Å². The molecular weight excluding hydrogens is 288 g/mol. The highest BCUT2D eigenvalue weighted by Gasteiger charge is 2.12. The van der Waals surface area contributed by atoms with E-state index in [9.17, 15) is 0 Å². The summed E-state index contributed by atoms with van der Waals surface area (Å²) in [5.41, 5.74) is 0. The molecule has 0 nitrogen and oxygen atoms in total. The first-order valence-electron chi connectivity index (χ1n) is 8.36. The minimum Gasteiger partial charge on any atom is -0.150 e. The van der Waals surface area contributed by atoms with Crippen LogP contribution in [0.5, 0.6) is 0 Å². The first kappa shape index (κ1) is 20.1. The molecule has 3 heteroatoms. The average Bonchev–Trinajstić information content (AvgIpc) is 2.38. The van der Waals surface area contributed by atoms with Gasteiger partial charge in [-0.15, -0.1) is 31.4 Å². The number of thiol groups is 2. The number of rotatable bonds is 14. The monoisotopic (exact) mass is 324 g/mol. The minimum absolute atomic E-state index is 0.878. The summed E-state index contributed by atoms with van der Waals surface area (Å²) in [5.74, 6) is 2.50. The molecule has 0 saturated carbocycles. The van der Waals surface area contributed by atoms with Crippen LogP contribution in [0.4, 0.5) is 0 Å². The van der Waals surface area contributed by atoms with E-state index in [1.807, 2.05) is 0 Å². The van der Waals surface area contributed by atoms with Crippen molar-refractivity contribution in [1.29, 1.82) is 0 Å². The first-order valence-corrected chi connectivity index (χ1v) is 12.4. The van der Waals surface area contributed by atoms with Crippen LogP contribution in [-0.4, -0.2) is 11.5 Å². The Bertz CT molecular complexity index is 163. The van der Waals surface area contributed by atoms with Gasteiger partial charge in [0.1, 0.15) is 0 Å². The fourth-order valence-corrected chi connectivity index (χ4v) is 5.42. The second-order valence-electron chi connectivity index (χ2n) is 5.75. The molecule has 118 valence electrons. The molecule has 0 aliphatic heterocycles. The fraction of sp³-hybridized carbons (Fsp3) is 1.00. The molecule has 19 heavy (non-hydrogen) atoms. The van der Waals surface area contributed by atoms with E-state index >= 15 is 0 Å². The zero-order valence-electron chi connectivity index (χ0n) is 13.2. The molecular formula is C16H36S3. The summed E-state index contributed by atoms with van der Waals surface area (Å²) in [6.07, 6.45) is 16.5. The predicted octanol–water partition coefficient (Wildman–Crippen LogP) is 7.20. The number of hydrogen-bond donors (Lipinski definition) is 2. The van der Waals surface area contributed by atoms with E-state index in [-0.39, 0.29) is 0 Å². The Kier molecular flexibility index (Phi) is 14.8. The highest BCUT2D eigenvalue weighted by molar-refractivity contribution is 9.17. The van der Waals surface area contributed by atoms with Crippen molar-refractivity contribution in [1.82, 2.24) is 0 Å². The highest BCUT2D eigenvalue weighted by Crippen LogP contribution is 2.58. The van der Waals surface area contributed by atoms with E-state index in [2.05, 4.69) is 13.8 Å². The van der Waals surface area contributed by atoms with Crippen LogP contribution < -0.4 is 0 Å². The molecule has 0 rings (SSSR count). The lowest BCUT2D eigenvalue weighted by Gasteiger charge is -2.28. The summed E-state index contributed by atoms with van der Waals surface area (Å²) in [7, 11) is -0.878. The first-order chi connectivity index (χ1) is 9.12. The lowest BCUT2D eigenvalue weighted by atomic mass is 10.1. The van der Waals surface area contributed by atoms with Crippen LogP contribution >= 0.6 is 31.4 Å². The van der Waals surface area contributed by atoms with Gasteiger partial charge < -0.3 is 0 Å².